The van der Waals surface area contributed by atoms with Crippen LogP contribution in [0.3, 0.4) is 0 Å². The van der Waals surface area contributed by atoms with E-state index in [1.165, 1.54) is 30.5 Å². The van der Waals surface area contributed by atoms with Crippen molar-refractivity contribution in [2.75, 3.05) is 38.6 Å². The summed E-state index contributed by atoms with van der Waals surface area (Å²) in [5.41, 5.74) is 2.69. The Balaban J connectivity index is 1.70. The van der Waals surface area contributed by atoms with Crippen LogP contribution in [-0.2, 0) is 11.3 Å². The molecule has 3 rings (SSSR count). The summed E-state index contributed by atoms with van der Waals surface area (Å²) in [6.45, 7) is 4.01. The molecule has 0 aliphatic carbocycles. The van der Waals surface area contributed by atoms with Crippen LogP contribution in [0.5, 0.6) is 0 Å². The van der Waals surface area contributed by atoms with Gasteiger partial charge in [-0.1, -0.05) is 24.6 Å². The molecule has 0 radical (unpaired) electrons. The number of nitrogens with zero attached hydrogens (tertiary/aromatic N) is 3. The van der Waals surface area contributed by atoms with Crippen molar-refractivity contribution in [3.63, 3.8) is 0 Å². The summed E-state index contributed by atoms with van der Waals surface area (Å²) in [5, 5.41) is 0. The number of anilines is 1. The van der Waals surface area contributed by atoms with Gasteiger partial charge in [-0.25, -0.2) is 0 Å². The van der Waals surface area contributed by atoms with Gasteiger partial charge in [-0.05, 0) is 37.4 Å². The summed E-state index contributed by atoms with van der Waals surface area (Å²) in [4.78, 5) is 18.8. The van der Waals surface area contributed by atoms with Crippen LogP contribution in [0.2, 0.25) is 0 Å². The summed E-state index contributed by atoms with van der Waals surface area (Å²) in [6, 6.07) is 9.18. The zero-order valence-electron chi connectivity index (χ0n) is 14.5. The second kappa shape index (κ2) is 7.35. The average molecular weight is 315 g/mol. The molecule has 4 nitrogen and oxygen atoms in total. The van der Waals surface area contributed by atoms with E-state index in [1.807, 2.05) is 0 Å². The minimum absolute atomic E-state index is 0.351. The molecule has 0 unspecified atom stereocenters. The number of piperidine rings is 1. The van der Waals surface area contributed by atoms with Gasteiger partial charge < -0.3 is 9.80 Å². The third-order valence-corrected chi connectivity index (χ3v) is 5.20. The molecule has 126 valence electrons. The monoisotopic (exact) mass is 315 g/mol. The van der Waals surface area contributed by atoms with Crippen molar-refractivity contribution in [2.24, 2.45) is 0 Å². The summed E-state index contributed by atoms with van der Waals surface area (Å²) in [5.74, 6) is 0.351. The van der Waals surface area contributed by atoms with Crippen molar-refractivity contribution in [3.8, 4) is 0 Å². The predicted octanol–water partition coefficient (Wildman–Crippen LogP) is 2.73. The lowest BCUT2D eigenvalue weighted by Gasteiger charge is -2.38. The Morgan fingerprint density at radius 2 is 1.96 bits per heavy atom. The van der Waals surface area contributed by atoms with Crippen molar-refractivity contribution in [3.05, 3.63) is 29.8 Å². The minimum atomic E-state index is 0.351. The maximum absolute atomic E-state index is 12.0. The quantitative estimate of drug-likeness (QED) is 0.836. The van der Waals surface area contributed by atoms with Crippen molar-refractivity contribution in [2.45, 2.75) is 44.7 Å². The normalized spacial score (nSPS) is 22.6. The van der Waals surface area contributed by atoms with Crippen LogP contribution in [0.4, 0.5) is 5.69 Å². The maximum Gasteiger partial charge on any atom is 0.222 e. The first kappa shape index (κ1) is 16.3. The second-order valence-electron chi connectivity index (χ2n) is 7.09. The smallest absolute Gasteiger partial charge is 0.222 e. The molecule has 0 saturated carbocycles. The van der Waals surface area contributed by atoms with Crippen molar-refractivity contribution >= 4 is 11.6 Å². The number of rotatable bonds is 5. The molecule has 1 aromatic rings. The lowest BCUT2D eigenvalue weighted by molar-refractivity contribution is -0.128. The van der Waals surface area contributed by atoms with Gasteiger partial charge in [0.2, 0.25) is 5.91 Å². The van der Waals surface area contributed by atoms with Crippen molar-refractivity contribution < 1.29 is 4.79 Å². The summed E-state index contributed by atoms with van der Waals surface area (Å²) in [7, 11) is 4.21. The molecule has 1 atom stereocenters. The zero-order valence-corrected chi connectivity index (χ0v) is 14.5. The molecule has 1 amide bonds. The Bertz CT molecular complexity index is 543. The van der Waals surface area contributed by atoms with Gasteiger partial charge in [0, 0.05) is 51.9 Å². The van der Waals surface area contributed by atoms with Gasteiger partial charge in [-0.3, -0.25) is 9.69 Å². The van der Waals surface area contributed by atoms with Gasteiger partial charge in [0.25, 0.3) is 0 Å². The van der Waals surface area contributed by atoms with Crippen LogP contribution in [0.1, 0.15) is 37.7 Å². The van der Waals surface area contributed by atoms with Crippen LogP contribution in [0, 0.1) is 0 Å². The van der Waals surface area contributed by atoms with Crippen molar-refractivity contribution in [1.82, 2.24) is 9.80 Å². The molecule has 2 aliphatic rings. The van der Waals surface area contributed by atoms with E-state index in [-0.39, 0.29) is 0 Å². The largest absolute Gasteiger partial charge is 0.377 e. The van der Waals surface area contributed by atoms with E-state index in [4.69, 9.17) is 0 Å². The van der Waals surface area contributed by atoms with E-state index in [0.717, 1.165) is 39.0 Å². The third-order valence-electron chi connectivity index (χ3n) is 5.20. The minimum Gasteiger partial charge on any atom is -0.377 e. The number of hydrogen-bond donors (Lipinski definition) is 0. The van der Waals surface area contributed by atoms with E-state index in [0.29, 0.717) is 11.9 Å². The fraction of sp³-hybridized carbons (Fsp3) is 0.632. The van der Waals surface area contributed by atoms with Gasteiger partial charge in [-0.15, -0.1) is 0 Å². The first-order chi connectivity index (χ1) is 11.1. The first-order valence-electron chi connectivity index (χ1n) is 8.92. The third kappa shape index (κ3) is 3.86. The van der Waals surface area contributed by atoms with Crippen LogP contribution >= 0.6 is 0 Å². The highest BCUT2D eigenvalue weighted by molar-refractivity contribution is 5.78. The molecule has 4 heteroatoms. The number of hydrogen-bond acceptors (Lipinski definition) is 3. The number of carbonyl (C=O) groups is 1. The molecule has 23 heavy (non-hydrogen) atoms. The SMILES string of the molecule is CN(C)c1ccccc1CN1CCCC[C@H]1CN1CCCC1=O. The number of para-hydroxylation sites is 1. The molecule has 0 N–H and O–H groups in total. The summed E-state index contributed by atoms with van der Waals surface area (Å²) < 4.78 is 0. The molecular weight excluding hydrogens is 286 g/mol. The number of likely N-dealkylation sites (tertiary alicyclic amines) is 2. The Kier molecular flexibility index (Phi) is 5.21. The second-order valence-corrected chi connectivity index (χ2v) is 7.09. The molecule has 2 heterocycles. The highest BCUT2D eigenvalue weighted by Gasteiger charge is 2.29. The Hall–Kier alpha value is -1.55. The molecule has 2 fully saturated rings. The van der Waals surface area contributed by atoms with Crippen LogP contribution in [-0.4, -0.2) is 55.5 Å². The molecule has 0 aromatic heterocycles. The number of amides is 1. The zero-order chi connectivity index (χ0) is 16.2. The molecule has 2 aliphatic heterocycles. The van der Waals surface area contributed by atoms with Gasteiger partial charge in [0.1, 0.15) is 0 Å². The fourth-order valence-corrected chi connectivity index (χ4v) is 3.93. The lowest BCUT2D eigenvalue weighted by Crippen LogP contribution is -2.46. The van der Waals surface area contributed by atoms with Crippen LogP contribution in [0.15, 0.2) is 24.3 Å². The standard InChI is InChI=1S/C19H29N3O/c1-20(2)18-10-4-3-8-16(18)14-21-12-6-5-9-17(21)15-22-13-7-11-19(22)23/h3-4,8,10,17H,5-7,9,11-15H2,1-2H3/t17-/m0/s1. The molecule has 0 spiro atoms. The van der Waals surface area contributed by atoms with Gasteiger partial charge in [0.05, 0.1) is 0 Å². The molecule has 1 aromatic carbocycles. The first-order valence-corrected chi connectivity index (χ1v) is 8.92. The highest BCUT2D eigenvalue weighted by atomic mass is 16.2. The van der Waals surface area contributed by atoms with E-state index in [1.54, 1.807) is 0 Å². The Morgan fingerprint density at radius 1 is 1.13 bits per heavy atom. The van der Waals surface area contributed by atoms with E-state index < -0.39 is 0 Å². The average Bonchev–Trinajstić information content (AvgIpc) is 2.95. The van der Waals surface area contributed by atoms with Gasteiger partial charge in [0.15, 0.2) is 0 Å². The van der Waals surface area contributed by atoms with Gasteiger partial charge in [-0.2, -0.15) is 0 Å². The number of benzene rings is 1. The molecular formula is C19H29N3O. The lowest BCUT2D eigenvalue weighted by atomic mass is 10.00. The predicted molar refractivity (Wildman–Crippen MR) is 94.6 cm³/mol. The fourth-order valence-electron chi connectivity index (χ4n) is 3.93. The van der Waals surface area contributed by atoms with Crippen LogP contribution < -0.4 is 4.90 Å². The summed E-state index contributed by atoms with van der Waals surface area (Å²) in [6.07, 6.45) is 5.56. The Morgan fingerprint density at radius 3 is 2.70 bits per heavy atom. The molecule has 2 saturated heterocycles. The van der Waals surface area contributed by atoms with E-state index >= 15 is 0 Å². The highest BCUT2D eigenvalue weighted by Crippen LogP contribution is 2.26. The van der Waals surface area contributed by atoms with E-state index in [2.05, 4.69) is 53.1 Å². The van der Waals surface area contributed by atoms with Crippen molar-refractivity contribution in [1.29, 1.82) is 0 Å². The molecule has 0 bridgehead atoms. The summed E-state index contributed by atoms with van der Waals surface area (Å²) >= 11 is 0. The maximum atomic E-state index is 12.0. The Labute approximate surface area is 140 Å². The van der Waals surface area contributed by atoms with E-state index in [9.17, 15) is 4.79 Å². The van der Waals surface area contributed by atoms with Crippen LogP contribution in [0.25, 0.3) is 0 Å². The number of carbonyl (C=O) groups excluding carboxylic acids is 1. The topological polar surface area (TPSA) is 26.8 Å². The van der Waals surface area contributed by atoms with Gasteiger partial charge >= 0.3 is 0 Å².